The average Bonchev–Trinajstić information content (AvgIpc) is 3.09. The van der Waals surface area contributed by atoms with Gasteiger partial charge in [0, 0.05) is 25.7 Å². The molecular formula is C20H19ClF3N5. The molecule has 0 bridgehead atoms. The standard InChI is InChI=1S/C20H19ClF3N5/c1-12-6-8-25-17(10-12)29-16-7-9-28(13(2)19(16)26-27-29)11-14-4-3-5-15(18(14)21)20(22,23)24/h3-6,8,10,13H,7,9,11H2,1-2H3/t13-/m1/s1. The second kappa shape index (κ2) is 7.42. The lowest BCUT2D eigenvalue weighted by atomic mass is 10.0. The fraction of sp³-hybridized carbons (Fsp3) is 0.350. The number of rotatable bonds is 3. The molecule has 1 atom stereocenters. The summed E-state index contributed by atoms with van der Waals surface area (Å²) < 4.78 is 41.2. The van der Waals surface area contributed by atoms with E-state index in [2.05, 4.69) is 20.2 Å². The maximum Gasteiger partial charge on any atom is 0.417 e. The summed E-state index contributed by atoms with van der Waals surface area (Å²) in [7, 11) is 0. The molecule has 9 heteroatoms. The highest BCUT2D eigenvalue weighted by Gasteiger charge is 2.35. The molecule has 5 nitrogen and oxygen atoms in total. The number of aromatic nitrogens is 4. The molecule has 3 heterocycles. The zero-order valence-corrected chi connectivity index (χ0v) is 16.7. The Bertz CT molecular complexity index is 1050. The van der Waals surface area contributed by atoms with Crippen LogP contribution in [0.4, 0.5) is 13.2 Å². The summed E-state index contributed by atoms with van der Waals surface area (Å²) in [5.74, 6) is 0.709. The molecule has 1 aliphatic heterocycles. The number of hydrogen-bond acceptors (Lipinski definition) is 4. The third-order valence-corrected chi connectivity index (χ3v) is 5.69. The van der Waals surface area contributed by atoms with E-state index in [4.69, 9.17) is 11.6 Å². The minimum absolute atomic E-state index is 0.108. The molecule has 3 aromatic rings. The maximum atomic E-state index is 13.1. The van der Waals surface area contributed by atoms with Gasteiger partial charge in [0.15, 0.2) is 5.82 Å². The van der Waals surface area contributed by atoms with E-state index in [1.54, 1.807) is 16.9 Å². The van der Waals surface area contributed by atoms with E-state index in [0.717, 1.165) is 23.0 Å². The number of fused-ring (bicyclic) bond motifs is 1. The predicted molar refractivity (Wildman–Crippen MR) is 103 cm³/mol. The Hall–Kier alpha value is -2.45. The van der Waals surface area contributed by atoms with Gasteiger partial charge in [-0.3, -0.25) is 4.90 Å². The number of hydrogen-bond donors (Lipinski definition) is 0. The van der Waals surface area contributed by atoms with Gasteiger partial charge in [-0.1, -0.05) is 28.9 Å². The van der Waals surface area contributed by atoms with Crippen molar-refractivity contribution in [1.29, 1.82) is 0 Å². The largest absolute Gasteiger partial charge is 0.417 e. The average molecular weight is 422 g/mol. The van der Waals surface area contributed by atoms with Crippen LogP contribution in [0, 0.1) is 6.92 Å². The molecule has 0 fully saturated rings. The lowest BCUT2D eigenvalue weighted by Gasteiger charge is -2.32. The Morgan fingerprint density at radius 1 is 1.24 bits per heavy atom. The van der Waals surface area contributed by atoms with Crippen molar-refractivity contribution < 1.29 is 13.2 Å². The zero-order chi connectivity index (χ0) is 20.8. The van der Waals surface area contributed by atoms with Gasteiger partial charge in [-0.05, 0) is 43.2 Å². The van der Waals surface area contributed by atoms with Crippen LogP contribution in [0.25, 0.3) is 5.82 Å². The SMILES string of the molecule is Cc1ccnc(-n2nnc3c2CCN(Cc2cccc(C(F)(F)F)c2Cl)[C@@H]3C)c1. The molecular weight excluding hydrogens is 403 g/mol. The first-order valence-electron chi connectivity index (χ1n) is 9.22. The van der Waals surface area contributed by atoms with Gasteiger partial charge in [0.25, 0.3) is 0 Å². The Morgan fingerprint density at radius 3 is 2.76 bits per heavy atom. The lowest BCUT2D eigenvalue weighted by Crippen LogP contribution is -2.34. The van der Waals surface area contributed by atoms with Crippen LogP contribution >= 0.6 is 11.6 Å². The third-order valence-electron chi connectivity index (χ3n) is 5.25. The molecule has 2 aromatic heterocycles. The van der Waals surface area contributed by atoms with E-state index in [0.29, 0.717) is 30.9 Å². The summed E-state index contributed by atoms with van der Waals surface area (Å²) in [6, 6.07) is 7.77. The molecule has 0 saturated heterocycles. The highest BCUT2D eigenvalue weighted by atomic mass is 35.5. The van der Waals surface area contributed by atoms with Gasteiger partial charge in [0.1, 0.15) is 5.69 Å². The molecule has 29 heavy (non-hydrogen) atoms. The summed E-state index contributed by atoms with van der Waals surface area (Å²) >= 11 is 6.07. The molecule has 152 valence electrons. The van der Waals surface area contributed by atoms with Crippen molar-refractivity contribution in [2.24, 2.45) is 0 Å². The summed E-state index contributed by atoms with van der Waals surface area (Å²) in [6.07, 6.45) is -2.08. The second-order valence-electron chi connectivity index (χ2n) is 7.20. The zero-order valence-electron chi connectivity index (χ0n) is 15.9. The van der Waals surface area contributed by atoms with Crippen molar-refractivity contribution in [3.63, 3.8) is 0 Å². The molecule has 1 aliphatic rings. The van der Waals surface area contributed by atoms with Crippen molar-refractivity contribution in [3.05, 3.63) is 69.6 Å². The summed E-state index contributed by atoms with van der Waals surface area (Å²) in [4.78, 5) is 6.43. The highest BCUT2D eigenvalue weighted by Crippen LogP contribution is 2.38. The Balaban J connectivity index is 1.60. The van der Waals surface area contributed by atoms with Gasteiger partial charge in [-0.2, -0.15) is 17.9 Å². The Kier molecular flexibility index (Phi) is 5.08. The Labute approximate surface area is 171 Å². The minimum atomic E-state index is -4.47. The number of halogens is 4. The molecule has 0 amide bonds. The van der Waals surface area contributed by atoms with Crippen molar-refractivity contribution >= 4 is 11.6 Å². The van der Waals surface area contributed by atoms with Crippen LogP contribution in [-0.2, 0) is 19.1 Å². The highest BCUT2D eigenvalue weighted by molar-refractivity contribution is 6.32. The van der Waals surface area contributed by atoms with Crippen LogP contribution in [0.5, 0.6) is 0 Å². The van der Waals surface area contributed by atoms with Crippen molar-refractivity contribution in [2.75, 3.05) is 6.54 Å². The normalized spacial score (nSPS) is 17.4. The molecule has 0 radical (unpaired) electrons. The van der Waals surface area contributed by atoms with Crippen molar-refractivity contribution in [2.45, 2.75) is 39.0 Å². The van der Waals surface area contributed by atoms with Crippen LogP contribution in [0.1, 0.15) is 41.0 Å². The lowest BCUT2D eigenvalue weighted by molar-refractivity contribution is -0.137. The summed E-state index contributed by atoms with van der Waals surface area (Å²) in [5.41, 5.74) is 2.50. The van der Waals surface area contributed by atoms with Gasteiger partial charge in [-0.15, -0.1) is 5.10 Å². The number of pyridine rings is 1. The fourth-order valence-corrected chi connectivity index (χ4v) is 3.96. The summed E-state index contributed by atoms with van der Waals surface area (Å²) in [6.45, 7) is 4.92. The Morgan fingerprint density at radius 2 is 2.03 bits per heavy atom. The molecule has 0 aliphatic carbocycles. The minimum Gasteiger partial charge on any atom is -0.290 e. The summed E-state index contributed by atoms with van der Waals surface area (Å²) in [5, 5.41) is 8.36. The number of benzene rings is 1. The second-order valence-corrected chi connectivity index (χ2v) is 7.58. The number of nitrogens with zero attached hydrogens (tertiary/aromatic N) is 5. The predicted octanol–water partition coefficient (Wildman–Crippen LogP) is 4.76. The first-order valence-corrected chi connectivity index (χ1v) is 9.59. The smallest absolute Gasteiger partial charge is 0.290 e. The van der Waals surface area contributed by atoms with E-state index < -0.39 is 11.7 Å². The van der Waals surface area contributed by atoms with Gasteiger partial charge in [0.05, 0.1) is 22.3 Å². The van der Waals surface area contributed by atoms with Crippen LogP contribution in [0.15, 0.2) is 36.5 Å². The molecule has 0 saturated carbocycles. The molecule has 4 rings (SSSR count). The first-order chi connectivity index (χ1) is 13.8. The maximum absolute atomic E-state index is 13.1. The van der Waals surface area contributed by atoms with E-state index >= 15 is 0 Å². The molecule has 0 spiro atoms. The van der Waals surface area contributed by atoms with Crippen LogP contribution in [0.3, 0.4) is 0 Å². The number of alkyl halides is 3. The van der Waals surface area contributed by atoms with E-state index in [9.17, 15) is 13.2 Å². The molecule has 1 aromatic carbocycles. The van der Waals surface area contributed by atoms with Crippen LogP contribution < -0.4 is 0 Å². The van der Waals surface area contributed by atoms with Crippen LogP contribution in [0.2, 0.25) is 5.02 Å². The van der Waals surface area contributed by atoms with E-state index in [1.165, 1.54) is 6.07 Å². The third kappa shape index (κ3) is 3.74. The van der Waals surface area contributed by atoms with E-state index in [1.807, 2.05) is 26.0 Å². The van der Waals surface area contributed by atoms with Crippen molar-refractivity contribution in [1.82, 2.24) is 24.9 Å². The topological polar surface area (TPSA) is 46.8 Å². The van der Waals surface area contributed by atoms with E-state index in [-0.39, 0.29) is 11.1 Å². The van der Waals surface area contributed by atoms with Crippen LogP contribution in [-0.4, -0.2) is 31.4 Å². The number of aryl methyl sites for hydroxylation is 1. The van der Waals surface area contributed by atoms with Crippen molar-refractivity contribution in [3.8, 4) is 5.82 Å². The van der Waals surface area contributed by atoms with Gasteiger partial charge in [-0.25, -0.2) is 4.98 Å². The van der Waals surface area contributed by atoms with Gasteiger partial charge < -0.3 is 0 Å². The molecule has 0 unspecified atom stereocenters. The van der Waals surface area contributed by atoms with Gasteiger partial charge in [0.2, 0.25) is 0 Å². The van der Waals surface area contributed by atoms with Gasteiger partial charge >= 0.3 is 6.18 Å². The fourth-order valence-electron chi connectivity index (χ4n) is 3.66. The first kappa shape index (κ1) is 19.8. The quantitative estimate of drug-likeness (QED) is 0.611. The molecule has 0 N–H and O–H groups in total. The monoisotopic (exact) mass is 421 g/mol.